The van der Waals surface area contributed by atoms with E-state index in [1.807, 2.05) is 0 Å². The number of aromatic nitrogens is 2. The molecule has 0 spiro atoms. The Balaban J connectivity index is 2.71. The molecule has 1 aromatic rings. The fourth-order valence-corrected chi connectivity index (χ4v) is 0.563. The first-order valence-electron chi connectivity index (χ1n) is 2.99. The van der Waals surface area contributed by atoms with Crippen molar-refractivity contribution in [3.05, 3.63) is 12.4 Å². The molecule has 0 amide bonds. The average Bonchev–Trinajstić information content (AvgIpc) is 2.05. The van der Waals surface area contributed by atoms with Gasteiger partial charge in [0.2, 0.25) is 0 Å². The molecule has 0 aliphatic rings. The van der Waals surface area contributed by atoms with Gasteiger partial charge in [-0.2, -0.15) is 9.97 Å². The fraction of sp³-hybridized carbons (Fsp3) is 0.167. The second-order valence-electron chi connectivity index (χ2n) is 1.77. The van der Waals surface area contributed by atoms with Crippen LogP contribution in [0.1, 0.15) is 0 Å². The highest BCUT2D eigenvalue weighted by Crippen LogP contribution is 2.08. The van der Waals surface area contributed by atoms with Crippen molar-refractivity contribution in [3.63, 3.8) is 0 Å². The van der Waals surface area contributed by atoms with E-state index in [2.05, 4.69) is 19.4 Å². The van der Waals surface area contributed by atoms with Crippen LogP contribution in [0.4, 0.5) is 4.79 Å². The highest BCUT2D eigenvalue weighted by atomic mass is 16.7. The van der Waals surface area contributed by atoms with Crippen LogP contribution in [0.3, 0.4) is 0 Å². The highest BCUT2D eigenvalue weighted by molar-refractivity contribution is 5.60. The average molecular weight is 170 g/mol. The lowest BCUT2D eigenvalue weighted by atomic mass is 10.6. The minimum atomic E-state index is -1.40. The van der Waals surface area contributed by atoms with E-state index in [-0.39, 0.29) is 11.8 Å². The summed E-state index contributed by atoms with van der Waals surface area (Å²) >= 11 is 0. The number of rotatable bonds is 2. The Bertz CT molecular complexity index is 271. The van der Waals surface area contributed by atoms with E-state index in [1.165, 1.54) is 19.5 Å². The van der Waals surface area contributed by atoms with Gasteiger partial charge in [0, 0.05) is 0 Å². The van der Waals surface area contributed by atoms with Crippen molar-refractivity contribution in [1.82, 2.24) is 9.97 Å². The predicted molar refractivity (Wildman–Crippen MR) is 37.2 cm³/mol. The van der Waals surface area contributed by atoms with E-state index in [0.717, 1.165) is 0 Å². The molecule has 0 atom stereocenters. The lowest BCUT2D eigenvalue weighted by Crippen LogP contribution is -2.03. The summed E-state index contributed by atoms with van der Waals surface area (Å²) in [4.78, 5) is 17.3. The van der Waals surface area contributed by atoms with Gasteiger partial charge < -0.3 is 14.6 Å². The molecule has 0 aromatic carbocycles. The monoisotopic (exact) mass is 170 g/mol. The minimum absolute atomic E-state index is 0.0586. The van der Waals surface area contributed by atoms with Crippen LogP contribution < -0.4 is 9.47 Å². The SMILES string of the molecule is COc1ncc(OC(=O)O)cn1. The van der Waals surface area contributed by atoms with Crippen molar-refractivity contribution in [2.45, 2.75) is 0 Å². The maximum Gasteiger partial charge on any atom is 0.511 e. The number of nitrogens with zero attached hydrogens (tertiary/aromatic N) is 2. The van der Waals surface area contributed by atoms with Crippen LogP contribution >= 0.6 is 0 Å². The second-order valence-corrected chi connectivity index (χ2v) is 1.77. The first-order chi connectivity index (χ1) is 5.72. The van der Waals surface area contributed by atoms with Gasteiger partial charge in [-0.3, -0.25) is 0 Å². The normalized spacial score (nSPS) is 9.08. The number of hydrogen-bond donors (Lipinski definition) is 1. The van der Waals surface area contributed by atoms with Crippen LogP contribution in [-0.4, -0.2) is 28.3 Å². The van der Waals surface area contributed by atoms with Gasteiger partial charge in [-0.1, -0.05) is 0 Å². The van der Waals surface area contributed by atoms with E-state index in [0.29, 0.717) is 0 Å². The number of carboxylic acid groups (broad SMARTS) is 1. The van der Waals surface area contributed by atoms with Gasteiger partial charge in [-0.05, 0) is 0 Å². The third-order valence-electron chi connectivity index (χ3n) is 0.992. The summed E-state index contributed by atoms with van der Waals surface area (Å²) in [7, 11) is 1.41. The largest absolute Gasteiger partial charge is 0.511 e. The van der Waals surface area contributed by atoms with Gasteiger partial charge in [0.05, 0.1) is 19.5 Å². The number of hydrogen-bond acceptors (Lipinski definition) is 5. The van der Waals surface area contributed by atoms with Crippen molar-refractivity contribution in [3.8, 4) is 11.8 Å². The molecular weight excluding hydrogens is 164 g/mol. The molecule has 0 aliphatic heterocycles. The Labute approximate surface area is 67.8 Å². The number of methoxy groups -OCH3 is 1. The maximum absolute atomic E-state index is 10.0. The van der Waals surface area contributed by atoms with Crippen LogP contribution in [-0.2, 0) is 0 Å². The Morgan fingerprint density at radius 3 is 2.50 bits per heavy atom. The van der Waals surface area contributed by atoms with Crippen LogP contribution in [0, 0.1) is 0 Å². The smallest absolute Gasteiger partial charge is 0.467 e. The molecule has 1 aromatic heterocycles. The lowest BCUT2D eigenvalue weighted by Gasteiger charge is -1.98. The third kappa shape index (κ3) is 2.08. The van der Waals surface area contributed by atoms with E-state index in [9.17, 15) is 4.79 Å². The summed E-state index contributed by atoms with van der Waals surface area (Å²) in [6.07, 6.45) is 1.02. The zero-order valence-electron chi connectivity index (χ0n) is 6.22. The number of carbonyl (C=O) groups is 1. The summed E-state index contributed by atoms with van der Waals surface area (Å²) < 4.78 is 8.90. The molecular formula is C6H6N2O4. The van der Waals surface area contributed by atoms with Crippen molar-refractivity contribution in [1.29, 1.82) is 0 Å². The molecule has 1 rings (SSSR count). The summed E-state index contributed by atoms with van der Waals surface area (Å²) in [5, 5.41) is 8.18. The van der Waals surface area contributed by atoms with E-state index in [4.69, 9.17) is 5.11 Å². The quantitative estimate of drug-likeness (QED) is 0.652. The van der Waals surface area contributed by atoms with E-state index in [1.54, 1.807) is 0 Å². The topological polar surface area (TPSA) is 81.5 Å². The first-order valence-corrected chi connectivity index (χ1v) is 2.99. The Hall–Kier alpha value is -1.85. The Morgan fingerprint density at radius 2 is 2.08 bits per heavy atom. The molecule has 0 fully saturated rings. The second kappa shape index (κ2) is 3.51. The van der Waals surface area contributed by atoms with Gasteiger partial charge in [0.25, 0.3) is 0 Å². The van der Waals surface area contributed by atoms with Gasteiger partial charge in [0.15, 0.2) is 5.75 Å². The molecule has 1 N–H and O–H groups in total. The van der Waals surface area contributed by atoms with Crippen LogP contribution in [0.15, 0.2) is 12.4 Å². The predicted octanol–water partition coefficient (Wildman–Crippen LogP) is 0.542. The van der Waals surface area contributed by atoms with Crippen LogP contribution in [0.25, 0.3) is 0 Å². The van der Waals surface area contributed by atoms with E-state index >= 15 is 0 Å². The maximum atomic E-state index is 10.0. The molecule has 0 saturated heterocycles. The standard InChI is InChI=1S/C6H6N2O4/c1-11-5-7-2-4(3-8-5)12-6(9)10/h2-3H,1H3,(H,9,10). The summed E-state index contributed by atoms with van der Waals surface area (Å²) in [6.45, 7) is 0. The van der Waals surface area contributed by atoms with Crippen molar-refractivity contribution < 1.29 is 19.4 Å². The zero-order valence-corrected chi connectivity index (χ0v) is 6.22. The summed E-state index contributed by atoms with van der Waals surface area (Å²) in [6, 6.07) is 0.160. The minimum Gasteiger partial charge on any atom is -0.467 e. The summed E-state index contributed by atoms with van der Waals surface area (Å²) in [5.74, 6) is 0.0586. The molecule has 12 heavy (non-hydrogen) atoms. The Morgan fingerprint density at radius 1 is 1.50 bits per heavy atom. The van der Waals surface area contributed by atoms with Gasteiger partial charge >= 0.3 is 12.2 Å². The fourth-order valence-electron chi connectivity index (χ4n) is 0.563. The molecule has 0 aliphatic carbocycles. The van der Waals surface area contributed by atoms with Crippen molar-refractivity contribution in [2.75, 3.05) is 7.11 Å². The van der Waals surface area contributed by atoms with Crippen molar-refractivity contribution in [2.24, 2.45) is 0 Å². The molecule has 1 heterocycles. The summed E-state index contributed by atoms with van der Waals surface area (Å²) in [5.41, 5.74) is 0. The van der Waals surface area contributed by atoms with Gasteiger partial charge in [0.1, 0.15) is 0 Å². The molecule has 6 heteroatoms. The first kappa shape index (κ1) is 8.25. The molecule has 0 unspecified atom stereocenters. The molecule has 0 radical (unpaired) electrons. The zero-order chi connectivity index (χ0) is 8.97. The molecule has 0 bridgehead atoms. The molecule has 0 saturated carbocycles. The highest BCUT2D eigenvalue weighted by Gasteiger charge is 2.01. The van der Waals surface area contributed by atoms with Crippen LogP contribution in [0.5, 0.6) is 11.8 Å². The lowest BCUT2D eigenvalue weighted by molar-refractivity contribution is 0.144. The van der Waals surface area contributed by atoms with Crippen LogP contribution in [0.2, 0.25) is 0 Å². The van der Waals surface area contributed by atoms with Crippen molar-refractivity contribution >= 4 is 6.16 Å². The molecule has 6 nitrogen and oxygen atoms in total. The van der Waals surface area contributed by atoms with Gasteiger partial charge in [-0.25, -0.2) is 4.79 Å². The van der Waals surface area contributed by atoms with E-state index < -0.39 is 6.16 Å². The van der Waals surface area contributed by atoms with Gasteiger partial charge in [-0.15, -0.1) is 0 Å². The Kier molecular flexibility index (Phi) is 2.42. The molecule has 64 valence electrons. The number of ether oxygens (including phenoxy) is 2. The third-order valence-corrected chi connectivity index (χ3v) is 0.992.